The van der Waals surface area contributed by atoms with Crippen molar-refractivity contribution in [2.75, 3.05) is 18.5 Å². The van der Waals surface area contributed by atoms with Crippen molar-refractivity contribution >= 4 is 15.9 Å². The molecule has 1 heterocycles. The lowest BCUT2D eigenvalue weighted by Gasteiger charge is -2.34. The molecule has 0 saturated carbocycles. The number of rotatable bonds is 3. The Labute approximate surface area is 82.7 Å². The quantitative estimate of drug-likeness (QED) is 0.702. The SMILES string of the molecule is CC1(C)COC(CCCBr)OC1. The highest BCUT2D eigenvalue weighted by Gasteiger charge is 2.27. The summed E-state index contributed by atoms with van der Waals surface area (Å²) in [6, 6.07) is 0. The van der Waals surface area contributed by atoms with E-state index in [9.17, 15) is 0 Å². The largest absolute Gasteiger partial charge is 0.352 e. The van der Waals surface area contributed by atoms with Gasteiger partial charge in [-0.05, 0) is 12.8 Å². The summed E-state index contributed by atoms with van der Waals surface area (Å²) in [5.41, 5.74) is 0.199. The van der Waals surface area contributed by atoms with Gasteiger partial charge in [0.15, 0.2) is 6.29 Å². The fourth-order valence-corrected chi connectivity index (χ4v) is 1.46. The normalized spacial score (nSPS) is 24.2. The van der Waals surface area contributed by atoms with Crippen molar-refractivity contribution in [3.63, 3.8) is 0 Å². The highest BCUT2D eigenvalue weighted by molar-refractivity contribution is 9.09. The van der Waals surface area contributed by atoms with Crippen molar-refractivity contribution in [3.05, 3.63) is 0 Å². The molecule has 0 aliphatic carbocycles. The van der Waals surface area contributed by atoms with Crippen LogP contribution in [0.5, 0.6) is 0 Å². The first-order chi connectivity index (χ1) is 5.64. The second-order valence-corrected chi connectivity index (χ2v) is 4.84. The molecule has 1 fully saturated rings. The Hall–Kier alpha value is 0.400. The van der Waals surface area contributed by atoms with Crippen LogP contribution in [0.1, 0.15) is 26.7 Å². The summed E-state index contributed by atoms with van der Waals surface area (Å²) in [5, 5.41) is 1.03. The van der Waals surface area contributed by atoms with Crippen LogP contribution in [-0.2, 0) is 9.47 Å². The van der Waals surface area contributed by atoms with Gasteiger partial charge in [0.1, 0.15) is 0 Å². The van der Waals surface area contributed by atoms with Crippen LogP contribution in [-0.4, -0.2) is 24.8 Å². The van der Waals surface area contributed by atoms with Crippen molar-refractivity contribution in [2.24, 2.45) is 5.41 Å². The molecule has 0 atom stereocenters. The van der Waals surface area contributed by atoms with Gasteiger partial charge in [-0.2, -0.15) is 0 Å². The lowest BCUT2D eigenvalue weighted by molar-refractivity contribution is -0.223. The van der Waals surface area contributed by atoms with E-state index in [-0.39, 0.29) is 11.7 Å². The van der Waals surface area contributed by atoms with Crippen LogP contribution in [0, 0.1) is 5.41 Å². The number of ether oxygens (including phenoxy) is 2. The molecule has 0 aromatic carbocycles. The minimum Gasteiger partial charge on any atom is -0.352 e. The molecule has 3 heteroatoms. The Morgan fingerprint density at radius 1 is 1.33 bits per heavy atom. The van der Waals surface area contributed by atoms with E-state index < -0.39 is 0 Å². The molecule has 1 aliphatic rings. The second-order valence-electron chi connectivity index (χ2n) is 4.05. The van der Waals surface area contributed by atoms with Gasteiger partial charge < -0.3 is 9.47 Å². The number of halogens is 1. The van der Waals surface area contributed by atoms with Crippen molar-refractivity contribution in [1.82, 2.24) is 0 Å². The molecule has 0 N–H and O–H groups in total. The number of alkyl halides is 1. The molecule has 0 aromatic rings. The van der Waals surface area contributed by atoms with Crippen LogP contribution in [0.4, 0.5) is 0 Å². The third kappa shape index (κ3) is 3.42. The molecule has 1 aliphatic heterocycles. The second kappa shape index (κ2) is 4.58. The zero-order valence-corrected chi connectivity index (χ0v) is 9.39. The van der Waals surface area contributed by atoms with Crippen LogP contribution >= 0.6 is 15.9 Å². The molecule has 0 unspecified atom stereocenters. The highest BCUT2D eigenvalue weighted by atomic mass is 79.9. The van der Waals surface area contributed by atoms with Gasteiger partial charge in [-0.3, -0.25) is 0 Å². The van der Waals surface area contributed by atoms with E-state index >= 15 is 0 Å². The van der Waals surface area contributed by atoms with Crippen molar-refractivity contribution in [2.45, 2.75) is 33.0 Å². The van der Waals surface area contributed by atoms with E-state index in [1.54, 1.807) is 0 Å². The molecule has 0 spiro atoms. The van der Waals surface area contributed by atoms with Crippen LogP contribution in [0.25, 0.3) is 0 Å². The van der Waals surface area contributed by atoms with Gasteiger partial charge in [0, 0.05) is 10.7 Å². The Balaban J connectivity index is 2.18. The van der Waals surface area contributed by atoms with Crippen molar-refractivity contribution in [1.29, 1.82) is 0 Å². The predicted octanol–water partition coefficient (Wildman–Crippen LogP) is 2.56. The lowest BCUT2D eigenvalue weighted by atomic mass is 9.95. The van der Waals surface area contributed by atoms with Crippen molar-refractivity contribution in [3.8, 4) is 0 Å². The number of hydrogen-bond donors (Lipinski definition) is 0. The van der Waals surface area contributed by atoms with Gasteiger partial charge >= 0.3 is 0 Å². The fourth-order valence-electron chi connectivity index (χ4n) is 1.14. The van der Waals surface area contributed by atoms with E-state index in [0.29, 0.717) is 0 Å². The monoisotopic (exact) mass is 236 g/mol. The smallest absolute Gasteiger partial charge is 0.157 e. The van der Waals surface area contributed by atoms with Gasteiger partial charge in [-0.1, -0.05) is 29.8 Å². The maximum Gasteiger partial charge on any atom is 0.157 e. The molecular formula is C9H17BrO2. The highest BCUT2D eigenvalue weighted by Crippen LogP contribution is 2.24. The van der Waals surface area contributed by atoms with Crippen molar-refractivity contribution < 1.29 is 9.47 Å². The van der Waals surface area contributed by atoms with Gasteiger partial charge in [0.2, 0.25) is 0 Å². The van der Waals surface area contributed by atoms with E-state index in [0.717, 1.165) is 31.4 Å². The molecule has 12 heavy (non-hydrogen) atoms. The average molecular weight is 237 g/mol. The Morgan fingerprint density at radius 3 is 2.42 bits per heavy atom. The Bertz CT molecular complexity index is 126. The lowest BCUT2D eigenvalue weighted by Crippen LogP contribution is -2.37. The Kier molecular flexibility index (Phi) is 4.00. The minimum absolute atomic E-state index is 0.0376. The summed E-state index contributed by atoms with van der Waals surface area (Å²) >= 11 is 3.39. The minimum atomic E-state index is 0.0376. The topological polar surface area (TPSA) is 18.5 Å². The fraction of sp³-hybridized carbons (Fsp3) is 1.00. The van der Waals surface area contributed by atoms with E-state index in [1.165, 1.54) is 0 Å². The molecule has 1 saturated heterocycles. The van der Waals surface area contributed by atoms with E-state index in [4.69, 9.17) is 9.47 Å². The van der Waals surface area contributed by atoms with Gasteiger partial charge in [0.05, 0.1) is 13.2 Å². The van der Waals surface area contributed by atoms with E-state index in [1.807, 2.05) is 0 Å². The summed E-state index contributed by atoms with van der Waals surface area (Å²) in [7, 11) is 0. The molecule has 72 valence electrons. The third-order valence-electron chi connectivity index (χ3n) is 1.89. The first-order valence-electron chi connectivity index (χ1n) is 4.43. The van der Waals surface area contributed by atoms with Gasteiger partial charge in [0.25, 0.3) is 0 Å². The molecule has 0 aromatic heterocycles. The summed E-state index contributed by atoms with van der Waals surface area (Å²) in [4.78, 5) is 0. The Morgan fingerprint density at radius 2 is 1.92 bits per heavy atom. The molecule has 1 rings (SSSR count). The van der Waals surface area contributed by atoms with Gasteiger partial charge in [-0.25, -0.2) is 0 Å². The van der Waals surface area contributed by atoms with Crippen LogP contribution in [0.2, 0.25) is 0 Å². The molecule has 2 nitrogen and oxygen atoms in total. The molecule has 0 amide bonds. The summed E-state index contributed by atoms with van der Waals surface area (Å²) in [5.74, 6) is 0. The first kappa shape index (κ1) is 10.5. The van der Waals surface area contributed by atoms with Gasteiger partial charge in [-0.15, -0.1) is 0 Å². The maximum absolute atomic E-state index is 5.55. The van der Waals surface area contributed by atoms with Crippen LogP contribution in [0.3, 0.4) is 0 Å². The van der Waals surface area contributed by atoms with E-state index in [2.05, 4.69) is 29.8 Å². The standard InChI is InChI=1S/C9H17BrO2/c1-9(2)6-11-8(12-7-9)4-3-5-10/h8H,3-7H2,1-2H3. The molecular weight excluding hydrogens is 220 g/mol. The van der Waals surface area contributed by atoms with Crippen LogP contribution < -0.4 is 0 Å². The van der Waals surface area contributed by atoms with Crippen LogP contribution in [0.15, 0.2) is 0 Å². The predicted molar refractivity (Wildman–Crippen MR) is 52.5 cm³/mol. The zero-order valence-electron chi connectivity index (χ0n) is 7.81. The molecule has 0 radical (unpaired) electrons. The maximum atomic E-state index is 5.55. The first-order valence-corrected chi connectivity index (χ1v) is 5.55. The summed E-state index contributed by atoms with van der Waals surface area (Å²) < 4.78 is 11.1. The molecule has 0 bridgehead atoms. The zero-order chi connectivity index (χ0) is 9.03. The summed E-state index contributed by atoms with van der Waals surface area (Å²) in [6.07, 6.45) is 2.16. The third-order valence-corrected chi connectivity index (χ3v) is 2.45. The summed E-state index contributed by atoms with van der Waals surface area (Å²) in [6.45, 7) is 5.96. The average Bonchev–Trinajstić information content (AvgIpc) is 2.03. The number of hydrogen-bond acceptors (Lipinski definition) is 2.